The minimum Gasteiger partial charge on any atom is -0.456 e. The Morgan fingerprint density at radius 3 is 1.30 bits per heavy atom. The van der Waals surface area contributed by atoms with Crippen LogP contribution in [0.15, 0.2) is 168 Å². The summed E-state index contributed by atoms with van der Waals surface area (Å²) in [7, 11) is 0. The first-order valence-electron chi connectivity index (χ1n) is 23.0. The summed E-state index contributed by atoms with van der Waals surface area (Å²) in [6, 6.07) is 61.1. The highest BCUT2D eigenvalue weighted by Crippen LogP contribution is 2.51. The van der Waals surface area contributed by atoms with Crippen LogP contribution in [0.4, 0.5) is 17.1 Å². The van der Waals surface area contributed by atoms with Crippen LogP contribution in [0.5, 0.6) is 0 Å². The van der Waals surface area contributed by atoms with Gasteiger partial charge in [-0.05, 0) is 107 Å². The van der Waals surface area contributed by atoms with Crippen molar-refractivity contribution in [1.29, 1.82) is 0 Å². The number of anilines is 3. The molecule has 0 spiro atoms. The van der Waals surface area contributed by atoms with Crippen LogP contribution in [-0.4, -0.2) is 0 Å². The zero-order valence-electron chi connectivity index (χ0n) is 39.9. The van der Waals surface area contributed by atoms with Gasteiger partial charge in [-0.15, -0.1) is 0 Å². The topological polar surface area (TPSA) is 16.4 Å². The Kier molecular flexibility index (Phi) is 10.5. The summed E-state index contributed by atoms with van der Waals surface area (Å²) in [4.78, 5) is 2.51. The van der Waals surface area contributed by atoms with E-state index < -0.39 is 0 Å². The second kappa shape index (κ2) is 15.7. The van der Waals surface area contributed by atoms with E-state index >= 15 is 0 Å². The fourth-order valence-corrected chi connectivity index (χ4v) is 9.24. The maximum Gasteiger partial charge on any atom is 0.137 e. The van der Waals surface area contributed by atoms with Gasteiger partial charge in [0.25, 0.3) is 0 Å². The maximum absolute atomic E-state index is 6.61. The molecule has 322 valence electrons. The highest BCUT2D eigenvalue weighted by Gasteiger charge is 2.28. The molecule has 9 aromatic rings. The van der Waals surface area contributed by atoms with Crippen molar-refractivity contribution < 1.29 is 4.42 Å². The van der Waals surface area contributed by atoms with Gasteiger partial charge in [0.15, 0.2) is 0 Å². The second-order valence-corrected chi connectivity index (χ2v) is 21.9. The third-order valence-electron chi connectivity index (χ3n) is 13.1. The van der Waals surface area contributed by atoms with Crippen LogP contribution >= 0.6 is 0 Å². The average Bonchev–Trinajstić information content (AvgIpc) is 3.64. The van der Waals surface area contributed by atoms with Gasteiger partial charge in [-0.2, -0.15) is 0 Å². The van der Waals surface area contributed by atoms with E-state index in [1.165, 1.54) is 60.8 Å². The number of para-hydroxylation sites is 3. The molecule has 0 bridgehead atoms. The van der Waals surface area contributed by atoms with E-state index in [4.69, 9.17) is 4.42 Å². The molecule has 0 aliphatic heterocycles. The van der Waals surface area contributed by atoms with Gasteiger partial charge < -0.3 is 9.32 Å². The van der Waals surface area contributed by atoms with Crippen molar-refractivity contribution in [2.75, 3.05) is 4.90 Å². The molecule has 0 amide bonds. The van der Waals surface area contributed by atoms with Crippen LogP contribution < -0.4 is 4.90 Å². The molecule has 0 aliphatic carbocycles. The Morgan fingerprint density at radius 2 is 0.734 bits per heavy atom. The van der Waals surface area contributed by atoms with Crippen LogP contribution in [0.2, 0.25) is 0 Å². The minimum absolute atomic E-state index is 0.0117. The monoisotopic (exact) mass is 837 g/mol. The van der Waals surface area contributed by atoms with Crippen LogP contribution in [0.1, 0.15) is 105 Å². The molecule has 2 nitrogen and oxygen atoms in total. The molecule has 0 aliphatic rings. The lowest BCUT2D eigenvalue weighted by Gasteiger charge is -2.32. The highest BCUT2D eigenvalue weighted by atomic mass is 16.3. The minimum atomic E-state index is -0.0370. The molecular weight excluding hydrogens is 775 g/mol. The Morgan fingerprint density at radius 1 is 0.328 bits per heavy atom. The molecule has 2 heteroatoms. The Balaban J connectivity index is 1.37. The van der Waals surface area contributed by atoms with Crippen molar-refractivity contribution in [2.24, 2.45) is 0 Å². The van der Waals surface area contributed by atoms with E-state index in [1.807, 2.05) is 0 Å². The van der Waals surface area contributed by atoms with Crippen LogP contribution in [-0.2, 0) is 21.7 Å². The third-order valence-corrected chi connectivity index (χ3v) is 13.1. The van der Waals surface area contributed by atoms with E-state index in [0.717, 1.165) is 44.6 Å². The van der Waals surface area contributed by atoms with E-state index in [-0.39, 0.29) is 21.7 Å². The van der Waals surface area contributed by atoms with Gasteiger partial charge in [-0.3, -0.25) is 0 Å². The largest absolute Gasteiger partial charge is 0.456 e. The van der Waals surface area contributed by atoms with E-state index in [9.17, 15) is 0 Å². The molecule has 0 N–H and O–H groups in total. The van der Waals surface area contributed by atoms with Crippen molar-refractivity contribution in [3.05, 3.63) is 186 Å². The predicted octanol–water partition coefficient (Wildman–Crippen LogP) is 18.4. The van der Waals surface area contributed by atoms with Crippen LogP contribution in [0, 0.1) is 0 Å². The smallest absolute Gasteiger partial charge is 0.137 e. The fraction of sp³-hybridized carbons (Fsp3) is 0.258. The van der Waals surface area contributed by atoms with Gasteiger partial charge in [0.05, 0.1) is 22.4 Å². The number of benzene rings is 8. The predicted molar refractivity (Wildman–Crippen MR) is 277 cm³/mol. The molecule has 0 radical (unpaired) electrons. The van der Waals surface area contributed by atoms with Gasteiger partial charge in [0.2, 0.25) is 0 Å². The summed E-state index contributed by atoms with van der Waals surface area (Å²) in [5.74, 6) is 0. The summed E-state index contributed by atoms with van der Waals surface area (Å²) in [5.41, 5.74) is 17.5. The molecule has 64 heavy (non-hydrogen) atoms. The molecule has 0 atom stereocenters. The lowest BCUT2D eigenvalue weighted by Crippen LogP contribution is -2.17. The standard InChI is InChI=1S/C62H63NO/c1-59(2,3)43-34-41(35-44(38-43)60(4,5)6)47-24-13-16-29-52(47)63(54-31-21-33-56-58(54)51-26-15-18-32-55(51)64-56)53-30-17-14-25-49(53)50-28-20-23-40-22-19-27-48(57(40)50)42-36-45(61(7,8)9)39-46(37-42)62(10,11)12/h13-39H,1-12H3. The number of hydrogen-bond donors (Lipinski definition) is 0. The van der Waals surface area contributed by atoms with E-state index in [0.29, 0.717) is 0 Å². The lowest BCUT2D eigenvalue weighted by molar-refractivity contribution is 0.568. The molecular formula is C62H63NO. The normalized spacial score (nSPS) is 12.7. The summed E-state index contributed by atoms with van der Waals surface area (Å²) < 4.78 is 6.61. The maximum atomic E-state index is 6.61. The first-order chi connectivity index (χ1) is 30.3. The van der Waals surface area contributed by atoms with Gasteiger partial charge in [-0.1, -0.05) is 217 Å². The summed E-state index contributed by atoms with van der Waals surface area (Å²) in [6.45, 7) is 27.8. The molecule has 0 saturated carbocycles. The third kappa shape index (κ3) is 7.93. The number of hydrogen-bond acceptors (Lipinski definition) is 2. The number of rotatable bonds is 6. The molecule has 0 fully saturated rings. The van der Waals surface area contributed by atoms with Gasteiger partial charge in [-0.25, -0.2) is 0 Å². The van der Waals surface area contributed by atoms with Crippen molar-refractivity contribution in [3.63, 3.8) is 0 Å². The van der Waals surface area contributed by atoms with Crippen molar-refractivity contribution in [3.8, 4) is 33.4 Å². The Hall–Kier alpha value is -6.38. The lowest BCUT2D eigenvalue weighted by atomic mass is 9.78. The van der Waals surface area contributed by atoms with Crippen LogP contribution in [0.25, 0.3) is 66.1 Å². The van der Waals surface area contributed by atoms with Crippen LogP contribution in [0.3, 0.4) is 0 Å². The molecule has 0 unspecified atom stereocenters. The number of fused-ring (bicyclic) bond motifs is 4. The van der Waals surface area contributed by atoms with E-state index in [1.54, 1.807) is 0 Å². The molecule has 0 saturated heterocycles. The van der Waals surface area contributed by atoms with Crippen molar-refractivity contribution >= 4 is 49.8 Å². The molecule has 8 aromatic carbocycles. The number of furan rings is 1. The second-order valence-electron chi connectivity index (χ2n) is 21.9. The zero-order valence-corrected chi connectivity index (χ0v) is 39.9. The quantitative estimate of drug-likeness (QED) is 0.166. The first kappa shape index (κ1) is 42.9. The Labute approximate surface area is 381 Å². The van der Waals surface area contributed by atoms with Crippen molar-refractivity contribution in [2.45, 2.75) is 105 Å². The van der Waals surface area contributed by atoms with Crippen molar-refractivity contribution in [1.82, 2.24) is 0 Å². The van der Waals surface area contributed by atoms with Gasteiger partial charge in [0.1, 0.15) is 11.2 Å². The first-order valence-corrected chi connectivity index (χ1v) is 23.0. The summed E-state index contributed by atoms with van der Waals surface area (Å²) >= 11 is 0. The summed E-state index contributed by atoms with van der Waals surface area (Å²) in [6.07, 6.45) is 0. The zero-order chi connectivity index (χ0) is 45.3. The van der Waals surface area contributed by atoms with Gasteiger partial charge >= 0.3 is 0 Å². The number of nitrogens with zero attached hydrogens (tertiary/aromatic N) is 1. The molecule has 1 aromatic heterocycles. The average molecular weight is 838 g/mol. The summed E-state index contributed by atoms with van der Waals surface area (Å²) in [5, 5.41) is 4.65. The Bertz CT molecular complexity index is 3130. The molecule has 1 heterocycles. The van der Waals surface area contributed by atoms with Gasteiger partial charge in [0, 0.05) is 16.5 Å². The van der Waals surface area contributed by atoms with E-state index in [2.05, 4.69) is 252 Å². The highest BCUT2D eigenvalue weighted by molar-refractivity contribution is 6.15. The molecule has 9 rings (SSSR count). The fourth-order valence-electron chi connectivity index (χ4n) is 9.24. The SMILES string of the molecule is CC(C)(C)c1cc(-c2ccccc2N(c2ccccc2-c2cccc3cccc(-c4cc(C(C)(C)C)cc(C(C)(C)C)c4)c23)c2cccc3oc4ccccc4c23)cc(C(C)(C)C)c1.